The van der Waals surface area contributed by atoms with Gasteiger partial charge in [-0.1, -0.05) is 0 Å². The molecule has 1 aromatic heterocycles. The largest absolute Gasteiger partial charge is 0.271 e. The molecule has 3 N–H and O–H groups in total. The minimum absolute atomic E-state index is 0.396. The number of aryl methyl sites for hydroxylation is 1. The highest BCUT2D eigenvalue weighted by Crippen LogP contribution is 2.22. The van der Waals surface area contributed by atoms with E-state index < -0.39 is 17.7 Å². The molecular formula is C13H13F2N3. The molecule has 0 aliphatic carbocycles. The van der Waals surface area contributed by atoms with Crippen LogP contribution in [0.15, 0.2) is 36.5 Å². The molecule has 1 unspecified atom stereocenters. The Labute approximate surface area is 104 Å². The second kappa shape index (κ2) is 5.20. The third-order valence-electron chi connectivity index (χ3n) is 2.62. The molecule has 3 nitrogen and oxygen atoms in total. The number of nitrogens with two attached hydrogens (primary N) is 1. The Hall–Kier alpha value is -1.85. The number of benzene rings is 1. The number of rotatable bonds is 3. The molecular weight excluding hydrogens is 236 g/mol. The summed E-state index contributed by atoms with van der Waals surface area (Å²) in [5, 5.41) is 0. The van der Waals surface area contributed by atoms with Crippen LogP contribution in [-0.2, 0) is 0 Å². The molecule has 0 saturated carbocycles. The molecule has 0 spiro atoms. The lowest BCUT2D eigenvalue weighted by Crippen LogP contribution is -2.29. The summed E-state index contributed by atoms with van der Waals surface area (Å²) in [7, 11) is 0. The van der Waals surface area contributed by atoms with Gasteiger partial charge in [0.1, 0.15) is 11.6 Å². The van der Waals surface area contributed by atoms with Crippen LogP contribution >= 0.6 is 0 Å². The average Bonchev–Trinajstić information content (AvgIpc) is 2.28. The van der Waals surface area contributed by atoms with E-state index >= 15 is 0 Å². The summed E-state index contributed by atoms with van der Waals surface area (Å²) in [6.45, 7) is 1.91. The van der Waals surface area contributed by atoms with Crippen LogP contribution in [-0.4, -0.2) is 4.98 Å². The highest BCUT2D eigenvalue weighted by Gasteiger charge is 2.15. The van der Waals surface area contributed by atoms with Crippen molar-refractivity contribution in [3.8, 4) is 0 Å². The van der Waals surface area contributed by atoms with Crippen LogP contribution < -0.4 is 11.3 Å². The van der Waals surface area contributed by atoms with Crippen LogP contribution in [0.1, 0.15) is 22.9 Å². The Morgan fingerprint density at radius 1 is 1.17 bits per heavy atom. The van der Waals surface area contributed by atoms with Crippen LogP contribution in [0.3, 0.4) is 0 Å². The van der Waals surface area contributed by atoms with Crippen LogP contribution in [0, 0.1) is 18.6 Å². The van der Waals surface area contributed by atoms with E-state index in [9.17, 15) is 8.78 Å². The van der Waals surface area contributed by atoms with Gasteiger partial charge in [-0.25, -0.2) is 14.2 Å². The first-order valence-corrected chi connectivity index (χ1v) is 5.45. The first-order valence-electron chi connectivity index (χ1n) is 5.45. The zero-order chi connectivity index (χ0) is 13.1. The molecule has 0 aliphatic heterocycles. The zero-order valence-electron chi connectivity index (χ0n) is 9.82. The van der Waals surface area contributed by atoms with Gasteiger partial charge in [0.05, 0.1) is 11.7 Å². The Kier molecular flexibility index (Phi) is 3.64. The number of hydrogen-bond donors (Lipinski definition) is 2. The normalized spacial score (nSPS) is 12.4. The SMILES string of the molecule is Cc1ccnc(C(NN)c2cc(F)cc(F)c2)c1. The van der Waals surface area contributed by atoms with E-state index in [-0.39, 0.29) is 0 Å². The Morgan fingerprint density at radius 2 is 1.83 bits per heavy atom. The highest BCUT2D eigenvalue weighted by molar-refractivity contribution is 5.30. The summed E-state index contributed by atoms with van der Waals surface area (Å²) >= 11 is 0. The molecule has 0 radical (unpaired) electrons. The summed E-state index contributed by atoms with van der Waals surface area (Å²) in [5.74, 6) is 4.17. The van der Waals surface area contributed by atoms with Gasteiger partial charge >= 0.3 is 0 Å². The van der Waals surface area contributed by atoms with Crippen molar-refractivity contribution in [2.75, 3.05) is 0 Å². The van der Waals surface area contributed by atoms with Gasteiger partial charge in [-0.05, 0) is 42.3 Å². The first-order chi connectivity index (χ1) is 8.60. The smallest absolute Gasteiger partial charge is 0.126 e. The molecule has 0 amide bonds. The minimum atomic E-state index is -0.641. The van der Waals surface area contributed by atoms with Crippen molar-refractivity contribution < 1.29 is 8.78 Å². The molecule has 0 bridgehead atoms. The molecule has 0 saturated heterocycles. The van der Waals surface area contributed by atoms with Crippen molar-refractivity contribution in [3.63, 3.8) is 0 Å². The Morgan fingerprint density at radius 3 is 2.39 bits per heavy atom. The number of halogens is 2. The van der Waals surface area contributed by atoms with Crippen LogP contribution in [0.4, 0.5) is 8.78 Å². The minimum Gasteiger partial charge on any atom is -0.271 e. The van der Waals surface area contributed by atoms with Crippen LogP contribution in [0.25, 0.3) is 0 Å². The number of nitrogens with zero attached hydrogens (tertiary/aromatic N) is 1. The highest BCUT2D eigenvalue weighted by atomic mass is 19.1. The molecule has 1 atom stereocenters. The number of pyridine rings is 1. The van der Waals surface area contributed by atoms with Gasteiger partial charge in [-0.2, -0.15) is 0 Å². The lowest BCUT2D eigenvalue weighted by molar-refractivity contribution is 0.562. The summed E-state index contributed by atoms with van der Waals surface area (Å²) in [5.41, 5.74) is 4.53. The molecule has 0 aliphatic rings. The maximum atomic E-state index is 13.2. The maximum absolute atomic E-state index is 13.2. The van der Waals surface area contributed by atoms with E-state index in [0.717, 1.165) is 11.6 Å². The molecule has 18 heavy (non-hydrogen) atoms. The van der Waals surface area contributed by atoms with Gasteiger partial charge in [0.15, 0.2) is 0 Å². The van der Waals surface area contributed by atoms with E-state index in [0.29, 0.717) is 11.3 Å². The van der Waals surface area contributed by atoms with E-state index in [2.05, 4.69) is 10.4 Å². The summed E-state index contributed by atoms with van der Waals surface area (Å²) in [6.07, 6.45) is 1.63. The van der Waals surface area contributed by atoms with Gasteiger partial charge < -0.3 is 0 Å². The Bertz CT molecular complexity index is 537. The molecule has 1 aromatic carbocycles. The first kappa shape index (κ1) is 12.6. The van der Waals surface area contributed by atoms with E-state index in [4.69, 9.17) is 5.84 Å². The summed E-state index contributed by atoms with van der Waals surface area (Å²) in [4.78, 5) is 4.16. The molecule has 2 rings (SSSR count). The number of nitrogens with one attached hydrogen (secondary N) is 1. The average molecular weight is 249 g/mol. The Balaban J connectivity index is 2.45. The third kappa shape index (κ3) is 2.69. The van der Waals surface area contributed by atoms with Gasteiger partial charge in [0.2, 0.25) is 0 Å². The predicted octanol–water partition coefficient (Wildman–Crippen LogP) is 2.22. The quantitative estimate of drug-likeness (QED) is 0.647. The topological polar surface area (TPSA) is 50.9 Å². The molecule has 5 heteroatoms. The van der Waals surface area contributed by atoms with Gasteiger partial charge in [0.25, 0.3) is 0 Å². The number of aromatic nitrogens is 1. The second-order valence-corrected chi connectivity index (χ2v) is 4.06. The van der Waals surface area contributed by atoms with Crippen LogP contribution in [0.5, 0.6) is 0 Å². The maximum Gasteiger partial charge on any atom is 0.126 e. The molecule has 1 heterocycles. The van der Waals surface area contributed by atoms with Crippen molar-refractivity contribution in [2.45, 2.75) is 13.0 Å². The van der Waals surface area contributed by atoms with E-state index in [1.165, 1.54) is 12.1 Å². The predicted molar refractivity (Wildman–Crippen MR) is 64.5 cm³/mol. The van der Waals surface area contributed by atoms with Gasteiger partial charge in [-0.15, -0.1) is 0 Å². The van der Waals surface area contributed by atoms with Crippen molar-refractivity contribution >= 4 is 0 Å². The fourth-order valence-corrected chi connectivity index (χ4v) is 1.81. The number of hydrazine groups is 1. The van der Waals surface area contributed by atoms with Gasteiger partial charge in [0, 0.05) is 12.3 Å². The number of hydrogen-bond acceptors (Lipinski definition) is 3. The third-order valence-corrected chi connectivity index (χ3v) is 2.62. The summed E-state index contributed by atoms with van der Waals surface area (Å²) in [6, 6.07) is 6.39. The second-order valence-electron chi connectivity index (χ2n) is 4.06. The van der Waals surface area contributed by atoms with E-state index in [1.54, 1.807) is 6.20 Å². The molecule has 2 aromatic rings. The monoisotopic (exact) mass is 249 g/mol. The van der Waals surface area contributed by atoms with Crippen molar-refractivity contribution in [3.05, 3.63) is 65.0 Å². The standard InChI is InChI=1S/C13H13F2N3/c1-8-2-3-17-12(4-8)13(18-16)9-5-10(14)7-11(15)6-9/h2-7,13,18H,16H2,1H3. The van der Waals surface area contributed by atoms with Crippen LogP contribution in [0.2, 0.25) is 0 Å². The summed E-state index contributed by atoms with van der Waals surface area (Å²) < 4.78 is 26.4. The van der Waals surface area contributed by atoms with Crippen molar-refractivity contribution in [1.82, 2.24) is 10.4 Å². The lowest BCUT2D eigenvalue weighted by Gasteiger charge is -2.16. The lowest BCUT2D eigenvalue weighted by atomic mass is 10.0. The molecule has 0 fully saturated rings. The fourth-order valence-electron chi connectivity index (χ4n) is 1.81. The van der Waals surface area contributed by atoms with Gasteiger partial charge in [-0.3, -0.25) is 10.8 Å². The van der Waals surface area contributed by atoms with Crippen molar-refractivity contribution in [2.24, 2.45) is 5.84 Å². The van der Waals surface area contributed by atoms with E-state index in [1.807, 2.05) is 19.1 Å². The zero-order valence-corrected chi connectivity index (χ0v) is 9.82. The van der Waals surface area contributed by atoms with Crippen molar-refractivity contribution in [1.29, 1.82) is 0 Å². The molecule has 94 valence electrons. The fraction of sp³-hybridized carbons (Fsp3) is 0.154.